The third kappa shape index (κ3) is 4.33. The Morgan fingerprint density at radius 1 is 1.19 bits per heavy atom. The Morgan fingerprint density at radius 3 is 2.62 bits per heavy atom. The lowest BCUT2D eigenvalue weighted by atomic mass is 10.1. The summed E-state index contributed by atoms with van der Waals surface area (Å²) < 4.78 is 5.07. The SMILES string of the molecule is COc1ccc(C(=O)Nc2cccc(CCCO)c2)cc1. The smallest absolute Gasteiger partial charge is 0.255 e. The van der Waals surface area contributed by atoms with E-state index in [1.807, 2.05) is 24.3 Å². The van der Waals surface area contributed by atoms with Crippen LogP contribution in [0.15, 0.2) is 48.5 Å². The highest BCUT2D eigenvalue weighted by atomic mass is 16.5. The number of aliphatic hydroxyl groups excluding tert-OH is 1. The lowest BCUT2D eigenvalue weighted by molar-refractivity contribution is 0.102. The monoisotopic (exact) mass is 285 g/mol. The van der Waals surface area contributed by atoms with Gasteiger partial charge in [0, 0.05) is 17.9 Å². The Balaban J connectivity index is 2.04. The number of rotatable bonds is 6. The van der Waals surface area contributed by atoms with Gasteiger partial charge in [-0.2, -0.15) is 0 Å². The molecule has 110 valence electrons. The Bertz CT molecular complexity index is 593. The van der Waals surface area contributed by atoms with Gasteiger partial charge in [0.2, 0.25) is 0 Å². The number of ether oxygens (including phenoxy) is 1. The van der Waals surface area contributed by atoms with Crippen molar-refractivity contribution in [2.45, 2.75) is 12.8 Å². The fourth-order valence-electron chi connectivity index (χ4n) is 2.03. The summed E-state index contributed by atoms with van der Waals surface area (Å²) in [5, 5.41) is 11.7. The zero-order chi connectivity index (χ0) is 15.1. The summed E-state index contributed by atoms with van der Waals surface area (Å²) in [5.41, 5.74) is 2.43. The molecule has 0 bridgehead atoms. The van der Waals surface area contributed by atoms with Crippen molar-refractivity contribution in [3.63, 3.8) is 0 Å². The maximum atomic E-state index is 12.1. The van der Waals surface area contributed by atoms with Crippen LogP contribution in [0.5, 0.6) is 5.75 Å². The molecule has 0 heterocycles. The van der Waals surface area contributed by atoms with Crippen molar-refractivity contribution in [3.05, 3.63) is 59.7 Å². The molecule has 0 saturated heterocycles. The van der Waals surface area contributed by atoms with Gasteiger partial charge < -0.3 is 15.2 Å². The molecule has 21 heavy (non-hydrogen) atoms. The fraction of sp³-hybridized carbons (Fsp3) is 0.235. The fourth-order valence-corrected chi connectivity index (χ4v) is 2.03. The number of carbonyl (C=O) groups is 1. The molecule has 2 aromatic rings. The van der Waals surface area contributed by atoms with Gasteiger partial charge in [0.15, 0.2) is 0 Å². The number of benzene rings is 2. The number of carbonyl (C=O) groups excluding carboxylic acids is 1. The first-order valence-electron chi connectivity index (χ1n) is 6.88. The number of hydrogen-bond donors (Lipinski definition) is 2. The predicted octanol–water partition coefficient (Wildman–Crippen LogP) is 2.87. The molecular weight excluding hydrogens is 266 g/mol. The molecule has 0 unspecified atom stereocenters. The van der Waals surface area contributed by atoms with E-state index in [0.29, 0.717) is 5.56 Å². The molecule has 2 N–H and O–H groups in total. The molecule has 2 aromatic carbocycles. The molecule has 0 fully saturated rings. The van der Waals surface area contributed by atoms with Crippen LogP contribution in [0.3, 0.4) is 0 Å². The number of aliphatic hydroxyl groups is 1. The number of aryl methyl sites for hydroxylation is 1. The Kier molecular flexibility index (Phi) is 5.35. The maximum absolute atomic E-state index is 12.1. The van der Waals surface area contributed by atoms with E-state index in [2.05, 4.69) is 5.32 Å². The Labute approximate surface area is 124 Å². The minimum atomic E-state index is -0.156. The summed E-state index contributed by atoms with van der Waals surface area (Å²) in [4.78, 5) is 12.1. The van der Waals surface area contributed by atoms with Crippen molar-refractivity contribution >= 4 is 11.6 Å². The molecule has 4 nitrogen and oxygen atoms in total. The molecule has 0 aliphatic heterocycles. The second-order valence-electron chi connectivity index (χ2n) is 4.71. The van der Waals surface area contributed by atoms with Crippen LogP contribution in [0.25, 0.3) is 0 Å². The van der Waals surface area contributed by atoms with E-state index >= 15 is 0 Å². The van der Waals surface area contributed by atoms with Gasteiger partial charge in [0.05, 0.1) is 7.11 Å². The van der Waals surface area contributed by atoms with Gasteiger partial charge >= 0.3 is 0 Å². The molecule has 1 amide bonds. The third-order valence-electron chi connectivity index (χ3n) is 3.16. The van der Waals surface area contributed by atoms with E-state index in [0.717, 1.165) is 29.8 Å². The van der Waals surface area contributed by atoms with Gasteiger partial charge in [-0.25, -0.2) is 0 Å². The average Bonchev–Trinajstić information content (AvgIpc) is 2.53. The van der Waals surface area contributed by atoms with Crippen molar-refractivity contribution in [2.24, 2.45) is 0 Å². The molecule has 0 atom stereocenters. The van der Waals surface area contributed by atoms with Crippen LogP contribution >= 0.6 is 0 Å². The van der Waals surface area contributed by atoms with Gasteiger partial charge in [-0.1, -0.05) is 12.1 Å². The van der Waals surface area contributed by atoms with Gasteiger partial charge in [0.25, 0.3) is 5.91 Å². The highest BCUT2D eigenvalue weighted by molar-refractivity contribution is 6.04. The topological polar surface area (TPSA) is 58.6 Å². The van der Waals surface area contributed by atoms with Gasteiger partial charge in [-0.15, -0.1) is 0 Å². The number of nitrogens with one attached hydrogen (secondary N) is 1. The largest absolute Gasteiger partial charge is 0.497 e. The van der Waals surface area contributed by atoms with Crippen molar-refractivity contribution in [2.75, 3.05) is 19.0 Å². The molecule has 0 aromatic heterocycles. The zero-order valence-electron chi connectivity index (χ0n) is 12.0. The van der Waals surface area contributed by atoms with E-state index in [1.54, 1.807) is 31.4 Å². The zero-order valence-corrected chi connectivity index (χ0v) is 12.0. The second kappa shape index (κ2) is 7.45. The first-order valence-corrected chi connectivity index (χ1v) is 6.88. The van der Waals surface area contributed by atoms with Crippen LogP contribution in [0.2, 0.25) is 0 Å². The Hall–Kier alpha value is -2.33. The lowest BCUT2D eigenvalue weighted by Gasteiger charge is -2.08. The summed E-state index contributed by atoms with van der Waals surface area (Å²) in [6, 6.07) is 14.6. The molecule has 0 saturated carbocycles. The van der Waals surface area contributed by atoms with E-state index in [4.69, 9.17) is 9.84 Å². The van der Waals surface area contributed by atoms with Crippen molar-refractivity contribution in [1.82, 2.24) is 0 Å². The first kappa shape index (κ1) is 15.1. The standard InChI is InChI=1S/C17H19NO3/c1-21-16-9-7-14(8-10-16)17(20)18-15-6-2-4-13(12-15)5-3-11-19/h2,4,6-10,12,19H,3,5,11H2,1H3,(H,18,20). The number of anilines is 1. The van der Waals surface area contributed by atoms with Crippen LogP contribution in [0, 0.1) is 0 Å². The van der Waals surface area contributed by atoms with Crippen molar-refractivity contribution < 1.29 is 14.6 Å². The molecule has 0 radical (unpaired) electrons. The van der Waals surface area contributed by atoms with Gasteiger partial charge in [0.1, 0.15) is 5.75 Å². The van der Waals surface area contributed by atoms with E-state index in [9.17, 15) is 4.79 Å². The number of hydrogen-bond acceptors (Lipinski definition) is 3. The summed E-state index contributed by atoms with van der Waals surface area (Å²) in [5.74, 6) is 0.564. The predicted molar refractivity (Wildman–Crippen MR) is 82.8 cm³/mol. The highest BCUT2D eigenvalue weighted by Gasteiger charge is 2.06. The van der Waals surface area contributed by atoms with E-state index in [-0.39, 0.29) is 12.5 Å². The maximum Gasteiger partial charge on any atom is 0.255 e. The minimum absolute atomic E-state index is 0.156. The quantitative estimate of drug-likeness (QED) is 0.858. The lowest BCUT2D eigenvalue weighted by Crippen LogP contribution is -2.11. The molecular formula is C17H19NO3. The average molecular weight is 285 g/mol. The second-order valence-corrected chi connectivity index (χ2v) is 4.71. The van der Waals surface area contributed by atoms with Crippen LogP contribution < -0.4 is 10.1 Å². The molecule has 2 rings (SSSR count). The molecule has 0 aliphatic rings. The summed E-state index contributed by atoms with van der Waals surface area (Å²) in [6.07, 6.45) is 1.51. The highest BCUT2D eigenvalue weighted by Crippen LogP contribution is 2.15. The Morgan fingerprint density at radius 2 is 1.95 bits per heavy atom. The van der Waals surface area contributed by atoms with Crippen LogP contribution in [-0.4, -0.2) is 24.7 Å². The van der Waals surface area contributed by atoms with Crippen LogP contribution in [-0.2, 0) is 6.42 Å². The summed E-state index contributed by atoms with van der Waals surface area (Å²) >= 11 is 0. The number of amides is 1. The van der Waals surface area contributed by atoms with Gasteiger partial charge in [-0.05, 0) is 54.8 Å². The first-order chi connectivity index (χ1) is 10.2. The molecule has 0 spiro atoms. The van der Waals surface area contributed by atoms with E-state index < -0.39 is 0 Å². The summed E-state index contributed by atoms with van der Waals surface area (Å²) in [6.45, 7) is 0.169. The summed E-state index contributed by atoms with van der Waals surface area (Å²) in [7, 11) is 1.59. The third-order valence-corrected chi connectivity index (χ3v) is 3.16. The van der Waals surface area contributed by atoms with Crippen molar-refractivity contribution in [1.29, 1.82) is 0 Å². The van der Waals surface area contributed by atoms with Crippen molar-refractivity contribution in [3.8, 4) is 5.75 Å². The molecule has 0 aliphatic carbocycles. The normalized spacial score (nSPS) is 10.2. The van der Waals surface area contributed by atoms with Crippen LogP contribution in [0.1, 0.15) is 22.3 Å². The molecule has 4 heteroatoms. The van der Waals surface area contributed by atoms with E-state index in [1.165, 1.54) is 0 Å². The van der Waals surface area contributed by atoms with Gasteiger partial charge in [-0.3, -0.25) is 4.79 Å². The number of methoxy groups -OCH3 is 1. The minimum Gasteiger partial charge on any atom is -0.497 e. The van der Waals surface area contributed by atoms with Crippen LogP contribution in [0.4, 0.5) is 5.69 Å².